The van der Waals surface area contributed by atoms with Crippen molar-refractivity contribution >= 4 is 23.6 Å². The summed E-state index contributed by atoms with van der Waals surface area (Å²) in [5.41, 5.74) is 4.89. The van der Waals surface area contributed by atoms with E-state index in [1.807, 2.05) is 0 Å². The second-order valence-corrected chi connectivity index (χ2v) is 3.95. The third-order valence-corrected chi connectivity index (χ3v) is 2.49. The molecule has 1 aromatic carbocycles. The van der Waals surface area contributed by atoms with Crippen LogP contribution in [0, 0.1) is 5.82 Å². The van der Waals surface area contributed by atoms with Gasteiger partial charge in [0, 0.05) is 12.1 Å². The summed E-state index contributed by atoms with van der Waals surface area (Å²) in [7, 11) is 0. The fraction of sp³-hybridized carbons (Fsp3) is 0.273. The number of halogens is 2. The first-order chi connectivity index (χ1) is 8.95. The molecule has 0 aliphatic rings. The van der Waals surface area contributed by atoms with Crippen LogP contribution >= 0.6 is 11.6 Å². The summed E-state index contributed by atoms with van der Waals surface area (Å²) in [4.78, 5) is 22.0. The van der Waals surface area contributed by atoms with Crippen LogP contribution < -0.4 is 11.1 Å². The number of carbonyl (C=O) groups excluding carboxylic acids is 2. The summed E-state index contributed by atoms with van der Waals surface area (Å²) in [6.45, 7) is -0.892. The number of benzene rings is 1. The van der Waals surface area contributed by atoms with Crippen LogP contribution in [0.15, 0.2) is 18.2 Å². The first kappa shape index (κ1) is 15.2. The first-order valence-corrected chi connectivity index (χ1v) is 5.61. The quantitative estimate of drug-likeness (QED) is 0.737. The third kappa shape index (κ3) is 4.38. The van der Waals surface area contributed by atoms with Gasteiger partial charge in [-0.15, -0.1) is 0 Å². The Hall–Kier alpha value is -1.86. The number of ether oxygens (including phenoxy) is 1. The van der Waals surface area contributed by atoms with Gasteiger partial charge in [0.15, 0.2) is 0 Å². The van der Waals surface area contributed by atoms with Gasteiger partial charge in [0.05, 0.1) is 11.6 Å². The number of aliphatic hydroxyl groups is 1. The first-order valence-electron chi connectivity index (χ1n) is 5.23. The normalized spacial score (nSPS) is 11.7. The van der Waals surface area contributed by atoms with Gasteiger partial charge >= 0.3 is 6.09 Å². The number of hydrogen-bond acceptors (Lipinski definition) is 4. The van der Waals surface area contributed by atoms with Crippen molar-refractivity contribution in [1.29, 1.82) is 0 Å². The van der Waals surface area contributed by atoms with Gasteiger partial charge in [0.1, 0.15) is 5.82 Å². The summed E-state index contributed by atoms with van der Waals surface area (Å²) in [6, 6.07) is 4.33. The molecular formula is C11H12ClFN2O4. The molecule has 1 unspecified atom stereocenters. The van der Waals surface area contributed by atoms with E-state index in [1.54, 1.807) is 0 Å². The Bertz CT molecular complexity index is 484. The molecule has 1 rings (SSSR count). The van der Waals surface area contributed by atoms with Gasteiger partial charge in [0.25, 0.3) is 5.91 Å². The average Bonchev–Trinajstić information content (AvgIpc) is 2.37. The smallest absolute Gasteiger partial charge is 0.405 e. The molecule has 0 heterocycles. The maximum atomic E-state index is 13.5. The van der Waals surface area contributed by atoms with Crippen LogP contribution in [-0.4, -0.2) is 29.8 Å². The van der Waals surface area contributed by atoms with E-state index in [2.05, 4.69) is 10.1 Å². The highest BCUT2D eigenvalue weighted by Gasteiger charge is 2.21. The lowest BCUT2D eigenvalue weighted by Crippen LogP contribution is -2.40. The van der Waals surface area contributed by atoms with Crippen molar-refractivity contribution in [2.75, 3.05) is 6.61 Å². The van der Waals surface area contributed by atoms with Crippen LogP contribution in [0.4, 0.5) is 9.18 Å². The topological polar surface area (TPSA) is 102 Å². The van der Waals surface area contributed by atoms with E-state index in [4.69, 9.17) is 22.4 Å². The molecule has 0 aliphatic carbocycles. The lowest BCUT2D eigenvalue weighted by Gasteiger charge is -2.14. The molecule has 8 heteroatoms. The highest BCUT2D eigenvalue weighted by atomic mass is 35.5. The molecule has 0 bridgehead atoms. The molecule has 19 heavy (non-hydrogen) atoms. The second kappa shape index (κ2) is 6.91. The Kier molecular flexibility index (Phi) is 5.53. The van der Waals surface area contributed by atoms with Gasteiger partial charge in [-0.25, -0.2) is 9.18 Å². The zero-order valence-electron chi connectivity index (χ0n) is 9.73. The SMILES string of the molecule is NC(=O)OC(CO)C(=O)NCc1cccc(Cl)c1F. The standard InChI is InChI=1S/C11H12ClFN2O4/c12-7-3-1-2-6(9(7)13)4-15-10(17)8(5-16)19-11(14)18/h1-3,8,16H,4-5H2,(H2,14,18)(H,15,17). The van der Waals surface area contributed by atoms with Gasteiger partial charge in [-0.1, -0.05) is 23.7 Å². The fourth-order valence-electron chi connectivity index (χ4n) is 1.30. The minimum Gasteiger partial charge on any atom is -0.434 e. The van der Waals surface area contributed by atoms with E-state index in [0.717, 1.165) is 0 Å². The maximum absolute atomic E-state index is 13.5. The molecule has 0 saturated heterocycles. The number of nitrogens with one attached hydrogen (secondary N) is 1. The lowest BCUT2D eigenvalue weighted by molar-refractivity contribution is -0.131. The number of hydrogen-bond donors (Lipinski definition) is 3. The van der Waals surface area contributed by atoms with Crippen LogP contribution in [0.1, 0.15) is 5.56 Å². The van der Waals surface area contributed by atoms with Gasteiger partial charge < -0.3 is 20.9 Å². The summed E-state index contributed by atoms with van der Waals surface area (Å²) >= 11 is 5.57. The molecule has 0 radical (unpaired) electrons. The molecule has 0 spiro atoms. The van der Waals surface area contributed by atoms with Crippen LogP contribution in [-0.2, 0) is 16.1 Å². The van der Waals surface area contributed by atoms with E-state index in [9.17, 15) is 14.0 Å². The van der Waals surface area contributed by atoms with Gasteiger partial charge in [-0.2, -0.15) is 0 Å². The molecule has 4 N–H and O–H groups in total. The highest BCUT2D eigenvalue weighted by molar-refractivity contribution is 6.30. The van der Waals surface area contributed by atoms with Crippen LogP contribution in [0.5, 0.6) is 0 Å². The van der Waals surface area contributed by atoms with Gasteiger partial charge in [-0.3, -0.25) is 4.79 Å². The van der Waals surface area contributed by atoms with Gasteiger partial charge in [-0.05, 0) is 6.07 Å². The zero-order chi connectivity index (χ0) is 14.4. The molecule has 0 aromatic heterocycles. The van der Waals surface area contributed by atoms with Crippen molar-refractivity contribution in [3.63, 3.8) is 0 Å². The fourth-order valence-corrected chi connectivity index (χ4v) is 1.49. The Labute approximate surface area is 113 Å². The average molecular weight is 291 g/mol. The van der Waals surface area contributed by atoms with E-state index in [0.29, 0.717) is 0 Å². The van der Waals surface area contributed by atoms with E-state index in [1.165, 1.54) is 18.2 Å². The van der Waals surface area contributed by atoms with Crippen molar-refractivity contribution in [2.45, 2.75) is 12.6 Å². The van der Waals surface area contributed by atoms with Crippen LogP contribution in [0.25, 0.3) is 0 Å². The number of carbonyl (C=O) groups is 2. The molecule has 0 fully saturated rings. The molecule has 0 saturated carbocycles. The Morgan fingerprint density at radius 1 is 1.53 bits per heavy atom. The third-order valence-electron chi connectivity index (χ3n) is 2.20. The van der Waals surface area contributed by atoms with Crippen LogP contribution in [0.2, 0.25) is 5.02 Å². The lowest BCUT2D eigenvalue weighted by atomic mass is 10.2. The summed E-state index contributed by atoms with van der Waals surface area (Å²) in [5.74, 6) is -1.44. The van der Waals surface area contributed by atoms with E-state index >= 15 is 0 Å². The molecule has 104 valence electrons. The minimum atomic E-state index is -1.43. The second-order valence-electron chi connectivity index (χ2n) is 3.54. The number of aliphatic hydroxyl groups excluding tert-OH is 1. The summed E-state index contributed by atoms with van der Waals surface area (Å²) in [5, 5.41) is 11.1. The molecule has 6 nitrogen and oxygen atoms in total. The summed E-state index contributed by atoms with van der Waals surface area (Å²) < 4.78 is 17.9. The van der Waals surface area contributed by atoms with Crippen molar-refractivity contribution < 1.29 is 23.8 Å². The van der Waals surface area contributed by atoms with Crippen molar-refractivity contribution in [3.05, 3.63) is 34.6 Å². The number of rotatable bonds is 5. The summed E-state index contributed by atoms with van der Waals surface area (Å²) in [6.07, 6.45) is -2.62. The predicted octanol–water partition coefficient (Wildman–Crippen LogP) is 0.552. The number of primary amides is 1. The Morgan fingerprint density at radius 3 is 2.79 bits per heavy atom. The highest BCUT2D eigenvalue weighted by Crippen LogP contribution is 2.17. The number of amides is 2. The molecule has 2 amide bonds. The predicted molar refractivity (Wildman–Crippen MR) is 64.8 cm³/mol. The van der Waals surface area contributed by atoms with Gasteiger partial charge in [0.2, 0.25) is 6.10 Å². The Balaban J connectivity index is 2.62. The van der Waals surface area contributed by atoms with Crippen molar-refractivity contribution in [3.8, 4) is 0 Å². The minimum absolute atomic E-state index is 0.0705. The molecule has 1 aromatic rings. The molecule has 1 atom stereocenters. The van der Waals surface area contributed by atoms with Crippen molar-refractivity contribution in [2.24, 2.45) is 5.73 Å². The largest absolute Gasteiger partial charge is 0.434 e. The number of nitrogens with two attached hydrogens (primary N) is 1. The van der Waals surface area contributed by atoms with Crippen molar-refractivity contribution in [1.82, 2.24) is 5.32 Å². The molecular weight excluding hydrogens is 279 g/mol. The zero-order valence-corrected chi connectivity index (χ0v) is 10.5. The Morgan fingerprint density at radius 2 is 2.21 bits per heavy atom. The monoisotopic (exact) mass is 290 g/mol. The molecule has 0 aliphatic heterocycles. The van der Waals surface area contributed by atoms with Crippen LogP contribution in [0.3, 0.4) is 0 Å². The van der Waals surface area contributed by atoms with E-state index in [-0.39, 0.29) is 17.1 Å². The van der Waals surface area contributed by atoms with E-state index < -0.39 is 30.5 Å². The maximum Gasteiger partial charge on any atom is 0.405 e.